The molecule has 72 valence electrons. The van der Waals surface area contributed by atoms with Crippen molar-refractivity contribution in [2.24, 2.45) is 17.8 Å². The molecule has 0 spiro atoms. The van der Waals surface area contributed by atoms with Gasteiger partial charge in [0.2, 0.25) is 0 Å². The molecule has 0 aromatic rings. The van der Waals surface area contributed by atoms with Gasteiger partial charge in [-0.2, -0.15) is 0 Å². The molecule has 2 heteroatoms. The molecule has 0 aliphatic heterocycles. The summed E-state index contributed by atoms with van der Waals surface area (Å²) in [5.41, 5.74) is 1.35. The first-order valence-electron chi connectivity index (χ1n) is 4.83. The second kappa shape index (κ2) is 4.19. The Morgan fingerprint density at radius 2 is 1.92 bits per heavy atom. The molecule has 1 rings (SSSR count). The molecule has 0 heterocycles. The van der Waals surface area contributed by atoms with Crippen LogP contribution < -0.4 is 0 Å². The van der Waals surface area contributed by atoms with Gasteiger partial charge in [0.05, 0.1) is 0 Å². The number of hydrogen-bond donors (Lipinski definition) is 0. The quantitative estimate of drug-likeness (QED) is 0.623. The van der Waals surface area contributed by atoms with E-state index in [0.717, 1.165) is 5.31 Å². The third-order valence-electron chi connectivity index (χ3n) is 2.55. The van der Waals surface area contributed by atoms with Crippen LogP contribution in [0.25, 0.3) is 0 Å². The molecule has 13 heavy (non-hydrogen) atoms. The SMILES string of the molecule is CC(C)C1=C(P=O)C=CC1C(C)C. The van der Waals surface area contributed by atoms with Crippen molar-refractivity contribution in [1.29, 1.82) is 0 Å². The van der Waals surface area contributed by atoms with Crippen molar-refractivity contribution in [3.8, 4) is 0 Å². The zero-order valence-corrected chi connectivity index (χ0v) is 9.64. The van der Waals surface area contributed by atoms with Crippen molar-refractivity contribution < 1.29 is 4.57 Å². The largest absolute Gasteiger partial charge is 0.269 e. The Morgan fingerprint density at radius 1 is 1.31 bits per heavy atom. The van der Waals surface area contributed by atoms with Crippen molar-refractivity contribution in [3.05, 3.63) is 23.0 Å². The zero-order chi connectivity index (χ0) is 10.0. The molecule has 1 nitrogen and oxygen atoms in total. The van der Waals surface area contributed by atoms with Crippen LogP contribution in [0.15, 0.2) is 23.0 Å². The Bertz CT molecular complexity index is 261. The van der Waals surface area contributed by atoms with E-state index in [9.17, 15) is 4.57 Å². The van der Waals surface area contributed by atoms with Crippen molar-refractivity contribution in [2.45, 2.75) is 27.7 Å². The predicted molar refractivity (Wildman–Crippen MR) is 56.9 cm³/mol. The maximum atomic E-state index is 10.9. The number of hydrogen-bond acceptors (Lipinski definition) is 1. The zero-order valence-electron chi connectivity index (χ0n) is 8.74. The van der Waals surface area contributed by atoms with Crippen LogP contribution >= 0.6 is 8.46 Å². The second-order valence-electron chi connectivity index (χ2n) is 4.22. The van der Waals surface area contributed by atoms with Crippen molar-refractivity contribution >= 4 is 8.46 Å². The lowest BCUT2D eigenvalue weighted by molar-refractivity contribution is 0.490. The van der Waals surface area contributed by atoms with E-state index in [2.05, 4.69) is 33.8 Å². The average Bonchev–Trinajstić information content (AvgIpc) is 2.46. The fourth-order valence-electron chi connectivity index (χ4n) is 1.91. The molecule has 0 aromatic heterocycles. The van der Waals surface area contributed by atoms with Crippen LogP contribution in [0.3, 0.4) is 0 Å². The maximum Gasteiger partial charge on any atom is 0.192 e. The minimum absolute atomic E-state index is 0.169. The summed E-state index contributed by atoms with van der Waals surface area (Å²) in [5, 5.41) is 0.994. The standard InChI is InChI=1S/C11H17OP/c1-7(2)9-5-6-10(13-12)11(9)8(3)4/h5-9H,1-4H3. The first kappa shape index (κ1) is 10.7. The monoisotopic (exact) mass is 196 g/mol. The van der Waals surface area contributed by atoms with Crippen molar-refractivity contribution in [2.75, 3.05) is 0 Å². The molecule has 0 fully saturated rings. The number of allylic oxidation sites excluding steroid dienone is 4. The molecule has 0 bridgehead atoms. The Morgan fingerprint density at radius 3 is 2.31 bits per heavy atom. The summed E-state index contributed by atoms with van der Waals surface area (Å²) in [6.07, 6.45) is 4.19. The fourth-order valence-corrected chi connectivity index (χ4v) is 2.57. The van der Waals surface area contributed by atoms with Crippen LogP contribution in [0.2, 0.25) is 0 Å². The van der Waals surface area contributed by atoms with E-state index in [0.29, 0.717) is 17.8 Å². The smallest absolute Gasteiger partial charge is 0.192 e. The van der Waals surface area contributed by atoms with E-state index in [-0.39, 0.29) is 8.46 Å². The molecule has 1 unspecified atom stereocenters. The molecule has 1 aliphatic carbocycles. The average molecular weight is 196 g/mol. The minimum atomic E-state index is 0.169. The van der Waals surface area contributed by atoms with E-state index in [4.69, 9.17) is 0 Å². The summed E-state index contributed by atoms with van der Waals surface area (Å²) >= 11 is 0. The lowest BCUT2D eigenvalue weighted by Crippen LogP contribution is -2.11. The highest BCUT2D eigenvalue weighted by Gasteiger charge is 2.25. The summed E-state index contributed by atoms with van der Waals surface area (Å²) in [4.78, 5) is 0. The Balaban J connectivity index is 3.00. The lowest BCUT2D eigenvalue weighted by Gasteiger charge is -2.20. The van der Waals surface area contributed by atoms with Crippen LogP contribution in [0.4, 0.5) is 0 Å². The first-order valence-corrected chi connectivity index (χ1v) is 5.64. The van der Waals surface area contributed by atoms with Gasteiger partial charge >= 0.3 is 0 Å². The predicted octanol–water partition coefficient (Wildman–Crippen LogP) is 4.03. The van der Waals surface area contributed by atoms with Crippen LogP contribution in [0.1, 0.15) is 27.7 Å². The highest BCUT2D eigenvalue weighted by atomic mass is 31.1. The lowest BCUT2D eigenvalue weighted by atomic mass is 9.85. The Hall–Kier alpha value is -0.420. The third-order valence-corrected chi connectivity index (χ3v) is 3.16. The Labute approximate surface area is 82.1 Å². The minimum Gasteiger partial charge on any atom is -0.269 e. The van der Waals surface area contributed by atoms with Gasteiger partial charge in [-0.25, -0.2) is 0 Å². The number of rotatable bonds is 3. The third kappa shape index (κ3) is 2.08. The van der Waals surface area contributed by atoms with Gasteiger partial charge in [0.15, 0.2) is 8.46 Å². The summed E-state index contributed by atoms with van der Waals surface area (Å²) in [6.45, 7) is 8.76. The molecule has 1 atom stereocenters. The van der Waals surface area contributed by atoms with Gasteiger partial charge in [-0.15, -0.1) is 0 Å². The molecule has 0 aromatic carbocycles. The highest BCUT2D eigenvalue weighted by molar-refractivity contribution is 7.29. The van der Waals surface area contributed by atoms with Gasteiger partial charge in [-0.05, 0) is 17.4 Å². The van der Waals surface area contributed by atoms with E-state index in [1.54, 1.807) is 0 Å². The van der Waals surface area contributed by atoms with Crippen LogP contribution in [-0.2, 0) is 4.57 Å². The maximum absolute atomic E-state index is 10.9. The van der Waals surface area contributed by atoms with Gasteiger partial charge in [0.25, 0.3) is 0 Å². The molecule has 0 amide bonds. The molecule has 1 aliphatic rings. The Kier molecular flexibility index (Phi) is 3.44. The van der Waals surface area contributed by atoms with Gasteiger partial charge < -0.3 is 0 Å². The van der Waals surface area contributed by atoms with Crippen molar-refractivity contribution in [1.82, 2.24) is 0 Å². The molecule has 0 saturated carbocycles. The van der Waals surface area contributed by atoms with Gasteiger partial charge in [0, 0.05) is 11.2 Å². The molecule has 0 radical (unpaired) electrons. The molecule has 0 N–H and O–H groups in total. The van der Waals surface area contributed by atoms with Crippen LogP contribution in [0.5, 0.6) is 0 Å². The van der Waals surface area contributed by atoms with Gasteiger partial charge in [-0.1, -0.05) is 39.8 Å². The topological polar surface area (TPSA) is 17.1 Å². The van der Waals surface area contributed by atoms with Gasteiger partial charge in [-0.3, -0.25) is 4.57 Å². The van der Waals surface area contributed by atoms with E-state index in [1.807, 2.05) is 6.08 Å². The summed E-state index contributed by atoms with van der Waals surface area (Å²) < 4.78 is 10.9. The first-order chi connectivity index (χ1) is 6.07. The van der Waals surface area contributed by atoms with E-state index < -0.39 is 0 Å². The van der Waals surface area contributed by atoms with Crippen molar-refractivity contribution in [3.63, 3.8) is 0 Å². The molecule has 0 saturated heterocycles. The van der Waals surface area contributed by atoms with E-state index in [1.165, 1.54) is 5.57 Å². The van der Waals surface area contributed by atoms with Gasteiger partial charge in [0.1, 0.15) is 0 Å². The summed E-state index contributed by atoms with van der Waals surface area (Å²) in [6, 6.07) is 0. The summed E-state index contributed by atoms with van der Waals surface area (Å²) in [5.74, 6) is 1.60. The van der Waals surface area contributed by atoms with Crippen LogP contribution in [0, 0.1) is 17.8 Å². The van der Waals surface area contributed by atoms with E-state index >= 15 is 0 Å². The van der Waals surface area contributed by atoms with Crippen LogP contribution in [-0.4, -0.2) is 0 Å². The summed E-state index contributed by atoms with van der Waals surface area (Å²) in [7, 11) is 0.169. The normalized spacial score (nSPS) is 22.8. The molecular formula is C11H17OP. The fraction of sp³-hybridized carbons (Fsp3) is 0.636. The molecular weight excluding hydrogens is 179 g/mol. The highest BCUT2D eigenvalue weighted by Crippen LogP contribution is 2.39. The second-order valence-corrected chi connectivity index (χ2v) is 4.88.